The lowest BCUT2D eigenvalue weighted by Gasteiger charge is -2.16. The van der Waals surface area contributed by atoms with Crippen LogP contribution < -0.4 is 0 Å². The molecule has 4 aromatic carbocycles. The fourth-order valence-electron chi connectivity index (χ4n) is 3.44. The zero-order chi connectivity index (χ0) is 18.6. The third-order valence-electron chi connectivity index (χ3n) is 4.66. The van der Waals surface area contributed by atoms with Gasteiger partial charge in [0, 0.05) is 5.56 Å². The van der Waals surface area contributed by atoms with Gasteiger partial charge in [-0.25, -0.2) is 22.0 Å². The van der Waals surface area contributed by atoms with Crippen LogP contribution in [0, 0.1) is 36.0 Å². The highest BCUT2D eigenvalue weighted by molar-refractivity contribution is 6.15. The Kier molecular flexibility index (Phi) is 3.68. The second-order valence-corrected chi connectivity index (χ2v) is 6.04. The molecular weight excluding hydrogens is 347 g/mol. The molecule has 0 aliphatic rings. The molecule has 5 heteroatoms. The molecular formula is C21H11F5. The largest absolute Gasteiger partial charge is 0.203 e. The lowest BCUT2D eigenvalue weighted by atomic mass is 9.88. The first-order valence-corrected chi connectivity index (χ1v) is 7.85. The van der Waals surface area contributed by atoms with Gasteiger partial charge in [-0.3, -0.25) is 0 Å². The van der Waals surface area contributed by atoms with Crippen molar-refractivity contribution in [2.75, 3.05) is 0 Å². The summed E-state index contributed by atoms with van der Waals surface area (Å²) in [7, 11) is 0. The molecule has 130 valence electrons. The zero-order valence-corrected chi connectivity index (χ0v) is 13.5. The normalized spacial score (nSPS) is 11.5. The summed E-state index contributed by atoms with van der Waals surface area (Å²) in [6.07, 6.45) is 0. The first kappa shape index (κ1) is 16.5. The van der Waals surface area contributed by atoms with Crippen LogP contribution in [0.4, 0.5) is 22.0 Å². The second-order valence-electron chi connectivity index (χ2n) is 6.04. The van der Waals surface area contributed by atoms with Gasteiger partial charge in [-0.15, -0.1) is 0 Å². The summed E-state index contributed by atoms with van der Waals surface area (Å²) in [4.78, 5) is 0. The summed E-state index contributed by atoms with van der Waals surface area (Å²) in [5.74, 6) is -9.73. The lowest BCUT2D eigenvalue weighted by molar-refractivity contribution is 0.381. The Bertz CT molecular complexity index is 1110. The Labute approximate surface area is 145 Å². The minimum atomic E-state index is -2.16. The quantitative estimate of drug-likeness (QED) is 0.154. The van der Waals surface area contributed by atoms with Crippen molar-refractivity contribution in [3.8, 4) is 11.1 Å². The number of halogens is 5. The Balaban J connectivity index is 2.32. The molecule has 0 amide bonds. The van der Waals surface area contributed by atoms with Crippen molar-refractivity contribution in [3.63, 3.8) is 0 Å². The van der Waals surface area contributed by atoms with Gasteiger partial charge in [0.25, 0.3) is 0 Å². The van der Waals surface area contributed by atoms with Gasteiger partial charge < -0.3 is 0 Å². The van der Waals surface area contributed by atoms with Crippen molar-refractivity contribution in [1.29, 1.82) is 0 Å². The zero-order valence-electron chi connectivity index (χ0n) is 13.5. The summed E-state index contributed by atoms with van der Waals surface area (Å²) in [5.41, 5.74) is -0.0489. The number of rotatable bonds is 1. The molecule has 0 fully saturated rings. The average molecular weight is 358 g/mol. The summed E-state index contributed by atoms with van der Waals surface area (Å²) in [6.45, 7) is 1.85. The van der Waals surface area contributed by atoms with Crippen molar-refractivity contribution in [3.05, 3.63) is 83.2 Å². The minimum absolute atomic E-state index is 0.00500. The number of hydrogen-bond donors (Lipinski definition) is 0. The monoisotopic (exact) mass is 358 g/mol. The smallest absolute Gasteiger partial charge is 0.200 e. The van der Waals surface area contributed by atoms with Gasteiger partial charge in [0.1, 0.15) is 0 Å². The Morgan fingerprint density at radius 3 is 1.23 bits per heavy atom. The molecule has 0 radical (unpaired) electrons. The van der Waals surface area contributed by atoms with Gasteiger partial charge in [0.05, 0.1) is 5.56 Å². The Morgan fingerprint density at radius 1 is 0.462 bits per heavy atom. The molecule has 0 aliphatic heterocycles. The van der Waals surface area contributed by atoms with E-state index in [0.717, 1.165) is 5.56 Å². The molecule has 0 aromatic heterocycles. The molecule has 0 saturated carbocycles. The highest BCUT2D eigenvalue weighted by Crippen LogP contribution is 2.42. The van der Waals surface area contributed by atoms with Crippen LogP contribution in [0.15, 0.2) is 48.5 Å². The van der Waals surface area contributed by atoms with Crippen molar-refractivity contribution in [1.82, 2.24) is 0 Å². The fourth-order valence-corrected chi connectivity index (χ4v) is 3.44. The van der Waals surface area contributed by atoms with Crippen molar-refractivity contribution < 1.29 is 22.0 Å². The van der Waals surface area contributed by atoms with Crippen LogP contribution in [0.5, 0.6) is 0 Å². The highest BCUT2D eigenvalue weighted by atomic mass is 19.2. The van der Waals surface area contributed by atoms with Crippen LogP contribution in [-0.4, -0.2) is 0 Å². The maximum Gasteiger partial charge on any atom is 0.200 e. The molecule has 0 heterocycles. The topological polar surface area (TPSA) is 0 Å². The third kappa shape index (κ3) is 2.13. The molecule has 26 heavy (non-hydrogen) atoms. The van der Waals surface area contributed by atoms with Crippen LogP contribution in [-0.2, 0) is 0 Å². The van der Waals surface area contributed by atoms with Gasteiger partial charge in [0.2, 0.25) is 5.82 Å². The molecule has 0 saturated heterocycles. The molecule has 0 aliphatic carbocycles. The SMILES string of the molecule is Cc1c2ccccc2c(-c2c(F)c(F)c(F)c(F)c2F)c2ccccc12. The van der Waals surface area contributed by atoms with E-state index in [2.05, 4.69) is 0 Å². The predicted molar refractivity (Wildman–Crippen MR) is 91.4 cm³/mol. The van der Waals surface area contributed by atoms with Gasteiger partial charge >= 0.3 is 0 Å². The van der Waals surface area contributed by atoms with E-state index in [1.54, 1.807) is 48.5 Å². The Morgan fingerprint density at radius 2 is 0.808 bits per heavy atom. The maximum absolute atomic E-state index is 14.5. The van der Waals surface area contributed by atoms with E-state index >= 15 is 0 Å². The van der Waals surface area contributed by atoms with E-state index < -0.39 is 34.6 Å². The van der Waals surface area contributed by atoms with Gasteiger partial charge in [-0.2, -0.15) is 0 Å². The van der Waals surface area contributed by atoms with Crippen molar-refractivity contribution in [2.45, 2.75) is 6.92 Å². The molecule has 0 bridgehead atoms. The first-order valence-electron chi connectivity index (χ1n) is 7.85. The van der Waals surface area contributed by atoms with Crippen LogP contribution in [0.2, 0.25) is 0 Å². The lowest BCUT2D eigenvalue weighted by Crippen LogP contribution is -2.05. The van der Waals surface area contributed by atoms with Crippen LogP contribution in [0.25, 0.3) is 32.7 Å². The highest BCUT2D eigenvalue weighted by Gasteiger charge is 2.28. The molecule has 4 aromatic rings. The maximum atomic E-state index is 14.5. The van der Waals surface area contributed by atoms with Crippen molar-refractivity contribution >= 4 is 21.5 Å². The molecule has 0 atom stereocenters. The molecule has 0 spiro atoms. The fraction of sp³-hybridized carbons (Fsp3) is 0.0476. The number of aryl methyl sites for hydroxylation is 1. The van der Waals surface area contributed by atoms with E-state index in [4.69, 9.17) is 0 Å². The average Bonchev–Trinajstić information content (AvgIpc) is 2.67. The van der Waals surface area contributed by atoms with E-state index in [9.17, 15) is 22.0 Å². The van der Waals surface area contributed by atoms with Gasteiger partial charge in [-0.1, -0.05) is 48.5 Å². The second kappa shape index (κ2) is 5.80. The van der Waals surface area contributed by atoms with Gasteiger partial charge in [-0.05, 0) is 34.0 Å². The molecule has 0 nitrogen and oxygen atoms in total. The number of benzene rings is 4. The van der Waals surface area contributed by atoms with E-state index in [1.807, 2.05) is 6.92 Å². The third-order valence-corrected chi connectivity index (χ3v) is 4.66. The van der Waals surface area contributed by atoms with E-state index in [1.165, 1.54) is 0 Å². The Hall–Kier alpha value is -2.95. The van der Waals surface area contributed by atoms with E-state index in [0.29, 0.717) is 21.5 Å². The number of hydrogen-bond acceptors (Lipinski definition) is 0. The number of fused-ring (bicyclic) bond motifs is 2. The predicted octanol–water partition coefficient (Wildman–Crippen LogP) is 6.66. The molecule has 0 unspecified atom stereocenters. The summed E-state index contributed by atoms with van der Waals surface area (Å²) in [5, 5.41) is 2.22. The summed E-state index contributed by atoms with van der Waals surface area (Å²) >= 11 is 0. The first-order chi connectivity index (χ1) is 12.4. The molecule has 4 rings (SSSR count). The molecule has 0 N–H and O–H groups in total. The minimum Gasteiger partial charge on any atom is -0.203 e. The van der Waals surface area contributed by atoms with Crippen molar-refractivity contribution in [2.24, 2.45) is 0 Å². The summed E-state index contributed by atoms with van der Waals surface area (Å²) in [6, 6.07) is 13.6. The van der Waals surface area contributed by atoms with E-state index in [-0.39, 0.29) is 5.56 Å². The van der Waals surface area contributed by atoms with Crippen LogP contribution >= 0.6 is 0 Å². The summed E-state index contributed by atoms with van der Waals surface area (Å²) < 4.78 is 70.1. The van der Waals surface area contributed by atoms with Crippen LogP contribution in [0.3, 0.4) is 0 Å². The van der Waals surface area contributed by atoms with Crippen LogP contribution in [0.1, 0.15) is 5.56 Å². The van der Waals surface area contributed by atoms with Gasteiger partial charge in [0.15, 0.2) is 23.3 Å². The standard InChI is InChI=1S/C21H11F5/c1-10-11-6-2-4-8-13(11)15(14-9-5-3-7-12(10)14)16-17(22)19(24)21(26)20(25)18(16)23/h2-9H,1H3.